The first-order valence-electron chi connectivity index (χ1n) is 4.19. The molecule has 0 amide bonds. The monoisotopic (exact) mass is 184 g/mol. The van der Waals surface area contributed by atoms with Crippen LogP contribution in [0.5, 0.6) is 0 Å². The molecule has 1 N–H and O–H groups in total. The van der Waals surface area contributed by atoms with Crippen molar-refractivity contribution in [1.82, 2.24) is 0 Å². The highest BCUT2D eigenvalue weighted by Crippen LogP contribution is 2.36. The minimum Gasteiger partial charge on any atom is -0.386 e. The van der Waals surface area contributed by atoms with Gasteiger partial charge in [0.2, 0.25) is 0 Å². The Morgan fingerprint density at radius 3 is 2.62 bits per heavy atom. The number of hydrogen-bond donors (Lipinski definition) is 1. The summed E-state index contributed by atoms with van der Waals surface area (Å²) in [7, 11) is 0. The maximum absolute atomic E-state index is 9.62. The van der Waals surface area contributed by atoms with Crippen LogP contribution in [0.2, 0.25) is 0 Å². The summed E-state index contributed by atoms with van der Waals surface area (Å²) < 4.78 is 16.0. The summed E-state index contributed by atoms with van der Waals surface area (Å²) in [4.78, 5) is 0. The van der Waals surface area contributed by atoms with E-state index in [-0.39, 0.29) is 0 Å². The van der Waals surface area contributed by atoms with Crippen molar-refractivity contribution >= 4 is 0 Å². The molecule has 2 aliphatic rings. The summed E-state index contributed by atoms with van der Waals surface area (Å²) in [6.45, 7) is 3.54. The van der Waals surface area contributed by atoms with E-state index in [4.69, 9.17) is 20.6 Å². The lowest BCUT2D eigenvalue weighted by Crippen LogP contribution is -2.33. The van der Waals surface area contributed by atoms with Gasteiger partial charge in [0.1, 0.15) is 18.3 Å². The van der Waals surface area contributed by atoms with Gasteiger partial charge in [0.05, 0.1) is 0 Å². The van der Waals surface area contributed by atoms with E-state index in [9.17, 15) is 5.11 Å². The molecule has 4 heteroatoms. The van der Waals surface area contributed by atoms with Crippen LogP contribution >= 0.6 is 0 Å². The van der Waals surface area contributed by atoms with Crippen LogP contribution in [0.4, 0.5) is 0 Å². The molecule has 0 aromatic heterocycles. The lowest BCUT2D eigenvalue weighted by molar-refractivity contribution is -0.208. The number of terminal acetylenes is 1. The zero-order valence-corrected chi connectivity index (χ0v) is 7.56. The molecule has 0 aromatic rings. The normalized spacial score (nSPS) is 47.2. The van der Waals surface area contributed by atoms with Gasteiger partial charge >= 0.3 is 0 Å². The highest BCUT2D eigenvalue weighted by molar-refractivity contribution is 5.07. The molecular weight excluding hydrogens is 172 g/mol. The number of hydrogen-bond acceptors (Lipinski definition) is 4. The molecule has 0 aliphatic carbocycles. The second-order valence-corrected chi connectivity index (χ2v) is 3.68. The van der Waals surface area contributed by atoms with Crippen molar-refractivity contribution in [3.8, 4) is 12.3 Å². The first kappa shape index (κ1) is 8.97. The molecule has 0 unspecified atom stereocenters. The quantitative estimate of drug-likeness (QED) is 0.532. The third-order valence-corrected chi connectivity index (χ3v) is 2.18. The predicted molar refractivity (Wildman–Crippen MR) is 43.5 cm³/mol. The molecule has 4 atom stereocenters. The summed E-state index contributed by atoms with van der Waals surface area (Å²) in [6, 6.07) is 0. The van der Waals surface area contributed by atoms with Crippen LogP contribution < -0.4 is 0 Å². The minimum atomic E-state index is -0.795. The van der Waals surface area contributed by atoms with E-state index in [1.54, 1.807) is 13.8 Å². The number of ether oxygens (including phenoxy) is 3. The van der Waals surface area contributed by atoms with E-state index in [0.717, 1.165) is 0 Å². The lowest BCUT2D eigenvalue weighted by atomic mass is 10.1. The van der Waals surface area contributed by atoms with Crippen molar-refractivity contribution in [2.24, 2.45) is 0 Å². The Bertz CT molecular complexity index is 255. The van der Waals surface area contributed by atoms with Gasteiger partial charge < -0.3 is 19.3 Å². The van der Waals surface area contributed by atoms with Gasteiger partial charge in [-0.2, -0.15) is 0 Å². The zero-order valence-electron chi connectivity index (χ0n) is 7.56. The van der Waals surface area contributed by atoms with E-state index >= 15 is 0 Å². The SMILES string of the molecule is C#C[C@H]1O[C@@H]2OC(C)(C)O[C@@H]2[C@@H]1O. The van der Waals surface area contributed by atoms with Crippen LogP contribution in [0, 0.1) is 12.3 Å². The molecule has 0 bridgehead atoms. The third kappa shape index (κ3) is 1.34. The van der Waals surface area contributed by atoms with Crippen molar-refractivity contribution in [3.63, 3.8) is 0 Å². The second kappa shape index (κ2) is 2.69. The number of aliphatic hydroxyl groups excluding tert-OH is 1. The van der Waals surface area contributed by atoms with E-state index < -0.39 is 30.4 Å². The van der Waals surface area contributed by atoms with Crippen LogP contribution in [0.15, 0.2) is 0 Å². The van der Waals surface area contributed by atoms with Gasteiger partial charge in [-0.1, -0.05) is 5.92 Å². The average Bonchev–Trinajstić information content (AvgIpc) is 2.47. The average molecular weight is 184 g/mol. The maximum atomic E-state index is 9.62. The van der Waals surface area contributed by atoms with Gasteiger partial charge in [-0.25, -0.2) is 0 Å². The van der Waals surface area contributed by atoms with Crippen LogP contribution in [0.25, 0.3) is 0 Å². The number of rotatable bonds is 0. The van der Waals surface area contributed by atoms with Gasteiger partial charge in [0.25, 0.3) is 0 Å². The second-order valence-electron chi connectivity index (χ2n) is 3.68. The molecular formula is C9H12O4. The van der Waals surface area contributed by atoms with E-state index in [1.807, 2.05) is 0 Å². The molecule has 2 rings (SSSR count). The molecule has 2 saturated heterocycles. The van der Waals surface area contributed by atoms with Gasteiger partial charge in [-0.05, 0) is 13.8 Å². The Kier molecular flexibility index (Phi) is 1.86. The van der Waals surface area contributed by atoms with Crippen molar-refractivity contribution in [2.45, 2.75) is 44.2 Å². The largest absolute Gasteiger partial charge is 0.386 e. The zero-order chi connectivity index (χ0) is 9.64. The lowest BCUT2D eigenvalue weighted by Gasteiger charge is -2.20. The smallest absolute Gasteiger partial charge is 0.191 e. The molecule has 0 aromatic carbocycles. The van der Waals surface area contributed by atoms with Gasteiger partial charge in [-0.3, -0.25) is 0 Å². The van der Waals surface area contributed by atoms with Gasteiger partial charge in [0, 0.05) is 0 Å². The van der Waals surface area contributed by atoms with Crippen LogP contribution in [-0.2, 0) is 14.2 Å². The Hall–Kier alpha value is -0.600. The molecule has 0 radical (unpaired) electrons. The van der Waals surface area contributed by atoms with Crippen molar-refractivity contribution in [1.29, 1.82) is 0 Å². The number of aliphatic hydroxyl groups is 1. The molecule has 0 saturated carbocycles. The summed E-state index contributed by atoms with van der Waals surface area (Å²) in [5, 5.41) is 9.62. The first-order chi connectivity index (χ1) is 6.03. The molecule has 0 spiro atoms. The van der Waals surface area contributed by atoms with E-state index in [2.05, 4.69) is 5.92 Å². The number of fused-ring (bicyclic) bond motifs is 1. The third-order valence-electron chi connectivity index (χ3n) is 2.18. The Labute approximate surface area is 76.8 Å². The van der Waals surface area contributed by atoms with Gasteiger partial charge in [0.15, 0.2) is 12.1 Å². The van der Waals surface area contributed by atoms with Crippen molar-refractivity contribution < 1.29 is 19.3 Å². The Balaban J connectivity index is 2.12. The van der Waals surface area contributed by atoms with Crippen molar-refractivity contribution in [2.75, 3.05) is 0 Å². The summed E-state index contributed by atoms with van der Waals surface area (Å²) in [5.41, 5.74) is 0. The summed E-state index contributed by atoms with van der Waals surface area (Å²) >= 11 is 0. The molecule has 72 valence electrons. The predicted octanol–water partition coefficient (Wildman–Crippen LogP) is -0.143. The molecule has 2 heterocycles. The maximum Gasteiger partial charge on any atom is 0.191 e. The van der Waals surface area contributed by atoms with E-state index in [1.165, 1.54) is 0 Å². The fourth-order valence-electron chi connectivity index (χ4n) is 1.63. The molecule has 2 fully saturated rings. The Morgan fingerprint density at radius 1 is 1.38 bits per heavy atom. The molecule has 13 heavy (non-hydrogen) atoms. The molecule has 2 aliphatic heterocycles. The van der Waals surface area contributed by atoms with Crippen LogP contribution in [0.3, 0.4) is 0 Å². The summed E-state index contributed by atoms with van der Waals surface area (Å²) in [6.07, 6.45) is 2.74. The highest BCUT2D eigenvalue weighted by Gasteiger charge is 2.53. The topological polar surface area (TPSA) is 47.9 Å². The minimum absolute atomic E-state index is 0.462. The van der Waals surface area contributed by atoms with E-state index in [0.29, 0.717) is 0 Å². The van der Waals surface area contributed by atoms with Crippen molar-refractivity contribution in [3.05, 3.63) is 0 Å². The highest BCUT2D eigenvalue weighted by atomic mass is 16.8. The first-order valence-corrected chi connectivity index (χ1v) is 4.19. The summed E-state index contributed by atoms with van der Waals surface area (Å²) in [5.74, 6) is 1.64. The molecule has 4 nitrogen and oxygen atoms in total. The van der Waals surface area contributed by atoms with Gasteiger partial charge in [-0.15, -0.1) is 6.42 Å². The Morgan fingerprint density at radius 2 is 2.08 bits per heavy atom. The fourth-order valence-corrected chi connectivity index (χ4v) is 1.63. The fraction of sp³-hybridized carbons (Fsp3) is 0.778. The standard InChI is InChI=1S/C9H12O4/c1-4-5-6(10)7-8(11-5)13-9(2,3)12-7/h1,5-8,10H,2-3H3/t5-,6-,7-,8-/m1/s1. The van der Waals surface area contributed by atoms with Crippen LogP contribution in [0.1, 0.15) is 13.8 Å². The van der Waals surface area contributed by atoms with Crippen LogP contribution in [-0.4, -0.2) is 35.5 Å².